The van der Waals surface area contributed by atoms with Crippen LogP contribution in [0.15, 0.2) is 40.8 Å². The highest BCUT2D eigenvalue weighted by Crippen LogP contribution is 2.32. The number of para-hydroxylation sites is 1. The van der Waals surface area contributed by atoms with Crippen LogP contribution in [0.25, 0.3) is 21.0 Å². The normalized spacial score (nSPS) is 17.0. The van der Waals surface area contributed by atoms with Gasteiger partial charge in [-0.25, -0.2) is 4.98 Å². The standard InChI is InChI=1S/C19H19N3O3S/c1-21(2)18(23)13-7-5-11-22(13)19(24)15-10-9-14(25-15)17-20-12-6-3-4-8-16(12)26-17/h3-4,6,8-10,13H,5,7,11H2,1-2H3. The van der Waals surface area contributed by atoms with Gasteiger partial charge in [-0.1, -0.05) is 12.1 Å². The van der Waals surface area contributed by atoms with Crippen LogP contribution in [0.4, 0.5) is 0 Å². The lowest BCUT2D eigenvalue weighted by Crippen LogP contribution is -2.45. The van der Waals surface area contributed by atoms with Crippen molar-refractivity contribution in [2.75, 3.05) is 20.6 Å². The molecule has 2 aromatic heterocycles. The molecule has 0 radical (unpaired) electrons. The summed E-state index contributed by atoms with van der Waals surface area (Å²) >= 11 is 1.53. The summed E-state index contributed by atoms with van der Waals surface area (Å²) in [6.45, 7) is 0.570. The first-order valence-electron chi connectivity index (χ1n) is 8.52. The molecule has 1 saturated heterocycles. The second kappa shape index (κ2) is 6.57. The van der Waals surface area contributed by atoms with E-state index >= 15 is 0 Å². The van der Waals surface area contributed by atoms with Crippen LogP contribution in [0, 0.1) is 0 Å². The van der Waals surface area contributed by atoms with Gasteiger partial charge >= 0.3 is 0 Å². The Labute approximate surface area is 155 Å². The summed E-state index contributed by atoms with van der Waals surface area (Å²) in [6.07, 6.45) is 1.51. The summed E-state index contributed by atoms with van der Waals surface area (Å²) in [6, 6.07) is 10.9. The summed E-state index contributed by atoms with van der Waals surface area (Å²) in [4.78, 5) is 32.9. The third kappa shape index (κ3) is 2.88. The molecule has 4 rings (SSSR count). The molecule has 134 valence electrons. The predicted octanol–water partition coefficient (Wildman–Crippen LogP) is 3.25. The monoisotopic (exact) mass is 369 g/mol. The molecule has 1 aliphatic heterocycles. The summed E-state index contributed by atoms with van der Waals surface area (Å²) in [7, 11) is 3.42. The number of aromatic nitrogens is 1. The summed E-state index contributed by atoms with van der Waals surface area (Å²) < 4.78 is 6.87. The van der Waals surface area contributed by atoms with Crippen molar-refractivity contribution in [1.82, 2.24) is 14.8 Å². The highest BCUT2D eigenvalue weighted by molar-refractivity contribution is 7.21. The predicted molar refractivity (Wildman–Crippen MR) is 100 cm³/mol. The highest BCUT2D eigenvalue weighted by atomic mass is 32.1. The average molecular weight is 369 g/mol. The first-order valence-corrected chi connectivity index (χ1v) is 9.34. The molecule has 1 unspecified atom stereocenters. The molecular weight excluding hydrogens is 350 g/mol. The zero-order valence-corrected chi connectivity index (χ0v) is 15.5. The van der Waals surface area contributed by atoms with Crippen molar-refractivity contribution in [3.8, 4) is 10.8 Å². The van der Waals surface area contributed by atoms with Gasteiger partial charge in [0.25, 0.3) is 5.91 Å². The van der Waals surface area contributed by atoms with Gasteiger partial charge in [0.05, 0.1) is 10.2 Å². The molecule has 0 spiro atoms. The zero-order chi connectivity index (χ0) is 18.3. The number of hydrogen-bond donors (Lipinski definition) is 0. The van der Waals surface area contributed by atoms with Crippen molar-refractivity contribution < 1.29 is 14.0 Å². The fourth-order valence-corrected chi connectivity index (χ4v) is 4.18. The minimum Gasteiger partial charge on any atom is -0.448 e. The number of likely N-dealkylation sites (N-methyl/N-ethyl adjacent to an activating group) is 1. The Kier molecular flexibility index (Phi) is 4.24. The second-order valence-electron chi connectivity index (χ2n) is 6.54. The van der Waals surface area contributed by atoms with Crippen molar-refractivity contribution >= 4 is 33.4 Å². The van der Waals surface area contributed by atoms with E-state index in [4.69, 9.17) is 4.42 Å². The number of furan rings is 1. The van der Waals surface area contributed by atoms with Crippen LogP contribution >= 0.6 is 11.3 Å². The van der Waals surface area contributed by atoms with Crippen molar-refractivity contribution in [1.29, 1.82) is 0 Å². The first kappa shape index (κ1) is 16.8. The molecule has 1 fully saturated rings. The number of fused-ring (bicyclic) bond motifs is 1. The molecule has 7 heteroatoms. The Balaban J connectivity index is 1.59. The van der Waals surface area contributed by atoms with Gasteiger partial charge in [-0.05, 0) is 37.1 Å². The van der Waals surface area contributed by atoms with Gasteiger partial charge in [-0.2, -0.15) is 0 Å². The molecule has 1 aromatic carbocycles. The van der Waals surface area contributed by atoms with Gasteiger partial charge in [0.1, 0.15) is 6.04 Å². The van der Waals surface area contributed by atoms with Gasteiger partial charge in [0.2, 0.25) is 5.91 Å². The minimum absolute atomic E-state index is 0.0474. The van der Waals surface area contributed by atoms with Gasteiger partial charge < -0.3 is 14.2 Å². The van der Waals surface area contributed by atoms with Crippen LogP contribution in [-0.4, -0.2) is 53.3 Å². The van der Waals surface area contributed by atoms with Crippen LogP contribution in [0.5, 0.6) is 0 Å². The van der Waals surface area contributed by atoms with E-state index in [1.165, 1.54) is 16.2 Å². The molecule has 2 amide bonds. The number of carbonyl (C=O) groups is 2. The van der Waals surface area contributed by atoms with Gasteiger partial charge in [0, 0.05) is 20.6 Å². The molecule has 0 N–H and O–H groups in total. The lowest BCUT2D eigenvalue weighted by atomic mass is 10.2. The van der Waals surface area contributed by atoms with Crippen LogP contribution < -0.4 is 0 Å². The van der Waals surface area contributed by atoms with Gasteiger partial charge in [-0.15, -0.1) is 11.3 Å². The number of likely N-dealkylation sites (tertiary alicyclic amines) is 1. The summed E-state index contributed by atoms with van der Waals surface area (Å²) in [5, 5.41) is 0.743. The third-order valence-corrected chi connectivity index (χ3v) is 5.61. The minimum atomic E-state index is -0.409. The Morgan fingerprint density at radius 1 is 1.23 bits per heavy atom. The molecule has 26 heavy (non-hydrogen) atoms. The highest BCUT2D eigenvalue weighted by Gasteiger charge is 2.36. The number of amides is 2. The largest absolute Gasteiger partial charge is 0.448 e. The molecule has 6 nitrogen and oxygen atoms in total. The quantitative estimate of drug-likeness (QED) is 0.711. The molecule has 1 aliphatic rings. The Morgan fingerprint density at radius 2 is 2.04 bits per heavy atom. The number of carbonyl (C=O) groups excluding carboxylic acids is 2. The Bertz CT molecular complexity index is 942. The molecule has 1 atom stereocenters. The van der Waals surface area contributed by atoms with E-state index in [2.05, 4.69) is 4.98 Å². The molecule has 0 saturated carbocycles. The van der Waals surface area contributed by atoms with E-state index in [9.17, 15) is 9.59 Å². The van der Waals surface area contributed by atoms with E-state index in [1.54, 1.807) is 31.1 Å². The molecular formula is C19H19N3O3S. The lowest BCUT2D eigenvalue weighted by Gasteiger charge is -2.25. The maximum Gasteiger partial charge on any atom is 0.290 e. The maximum absolute atomic E-state index is 12.8. The number of hydrogen-bond acceptors (Lipinski definition) is 5. The molecule has 0 bridgehead atoms. The first-order chi connectivity index (χ1) is 12.5. The fourth-order valence-electron chi connectivity index (χ4n) is 3.25. The van der Waals surface area contributed by atoms with Crippen molar-refractivity contribution in [2.45, 2.75) is 18.9 Å². The summed E-state index contributed by atoms with van der Waals surface area (Å²) in [5.74, 6) is 0.533. The van der Waals surface area contributed by atoms with Crippen LogP contribution in [-0.2, 0) is 4.79 Å². The van der Waals surface area contributed by atoms with Crippen molar-refractivity contribution in [3.05, 3.63) is 42.2 Å². The lowest BCUT2D eigenvalue weighted by molar-refractivity contribution is -0.132. The van der Waals surface area contributed by atoms with E-state index < -0.39 is 6.04 Å². The van der Waals surface area contributed by atoms with Crippen LogP contribution in [0.3, 0.4) is 0 Å². The molecule has 0 aliphatic carbocycles. The third-order valence-electron chi connectivity index (χ3n) is 4.56. The Morgan fingerprint density at radius 3 is 2.81 bits per heavy atom. The maximum atomic E-state index is 12.8. The fraction of sp³-hybridized carbons (Fsp3) is 0.316. The molecule has 3 heterocycles. The summed E-state index contributed by atoms with van der Waals surface area (Å²) in [5.41, 5.74) is 0.910. The van der Waals surface area contributed by atoms with E-state index in [0.29, 0.717) is 18.7 Å². The van der Waals surface area contributed by atoms with Crippen LogP contribution in [0.1, 0.15) is 23.4 Å². The second-order valence-corrected chi connectivity index (χ2v) is 7.57. The van der Waals surface area contributed by atoms with E-state index in [1.807, 2.05) is 24.3 Å². The van der Waals surface area contributed by atoms with E-state index in [-0.39, 0.29) is 17.6 Å². The molecule has 3 aromatic rings. The Hall–Kier alpha value is -2.67. The number of nitrogens with zero attached hydrogens (tertiary/aromatic N) is 3. The number of benzene rings is 1. The SMILES string of the molecule is CN(C)C(=O)C1CCCN1C(=O)c1ccc(-c2nc3ccccc3s2)o1. The van der Waals surface area contributed by atoms with Crippen LogP contribution in [0.2, 0.25) is 0 Å². The number of rotatable bonds is 3. The van der Waals surface area contributed by atoms with Gasteiger partial charge in [-0.3, -0.25) is 9.59 Å². The van der Waals surface area contributed by atoms with Crippen molar-refractivity contribution in [2.24, 2.45) is 0 Å². The average Bonchev–Trinajstić information content (AvgIpc) is 3.38. The topological polar surface area (TPSA) is 66.7 Å². The smallest absolute Gasteiger partial charge is 0.290 e. The van der Waals surface area contributed by atoms with E-state index in [0.717, 1.165) is 21.6 Å². The van der Waals surface area contributed by atoms with Crippen molar-refractivity contribution in [3.63, 3.8) is 0 Å². The number of thiazole rings is 1. The van der Waals surface area contributed by atoms with Gasteiger partial charge in [0.15, 0.2) is 16.5 Å². The zero-order valence-electron chi connectivity index (χ0n) is 14.6.